The summed E-state index contributed by atoms with van der Waals surface area (Å²) < 4.78 is 0. The minimum atomic E-state index is 0.348. The van der Waals surface area contributed by atoms with Crippen LogP contribution in [0.25, 0.3) is 0 Å². The molecule has 2 heteroatoms. The Morgan fingerprint density at radius 2 is 1.11 bits per heavy atom. The van der Waals surface area contributed by atoms with Gasteiger partial charge in [-0.2, -0.15) is 0 Å². The van der Waals surface area contributed by atoms with Gasteiger partial charge in [-0.25, -0.2) is 0 Å². The summed E-state index contributed by atoms with van der Waals surface area (Å²) in [6, 6.07) is 0. The van der Waals surface area contributed by atoms with Crippen LogP contribution in [0.3, 0.4) is 0 Å². The van der Waals surface area contributed by atoms with E-state index in [1.165, 1.54) is 77.0 Å². The summed E-state index contributed by atoms with van der Waals surface area (Å²) in [5.74, 6) is 0.552. The van der Waals surface area contributed by atoms with Crippen LogP contribution in [-0.4, -0.2) is 23.4 Å². The average molecular weight is 272 g/mol. The van der Waals surface area contributed by atoms with Gasteiger partial charge in [-0.15, -0.1) is 0 Å². The third kappa shape index (κ3) is 14.1. The van der Waals surface area contributed by atoms with E-state index in [-0.39, 0.29) is 0 Å². The predicted molar refractivity (Wildman–Crippen MR) is 83.4 cm³/mol. The lowest BCUT2D eigenvalue weighted by Crippen LogP contribution is -2.06. The Morgan fingerprint density at radius 1 is 0.632 bits per heavy atom. The minimum absolute atomic E-state index is 0.348. The molecule has 0 saturated carbocycles. The molecule has 0 aliphatic carbocycles. The van der Waals surface area contributed by atoms with Gasteiger partial charge in [-0.05, 0) is 25.2 Å². The fraction of sp³-hybridized carbons (Fsp3) is 1.00. The molecule has 19 heavy (non-hydrogen) atoms. The molecule has 0 bridgehead atoms. The molecule has 0 saturated heterocycles. The van der Waals surface area contributed by atoms with Crippen LogP contribution in [0, 0.1) is 5.92 Å². The predicted octanol–water partition coefficient (Wildman–Crippen LogP) is 4.68. The van der Waals surface area contributed by atoms with E-state index in [1.807, 2.05) is 0 Å². The van der Waals surface area contributed by atoms with Crippen LogP contribution >= 0.6 is 0 Å². The van der Waals surface area contributed by atoms with Crippen LogP contribution in [0.1, 0.15) is 90.4 Å². The summed E-state index contributed by atoms with van der Waals surface area (Å²) >= 11 is 0. The average Bonchev–Trinajstić information content (AvgIpc) is 2.43. The topological polar surface area (TPSA) is 40.5 Å². The van der Waals surface area contributed by atoms with Gasteiger partial charge in [0.15, 0.2) is 0 Å². The zero-order valence-corrected chi connectivity index (χ0v) is 13.1. The van der Waals surface area contributed by atoms with Crippen LogP contribution in [0.15, 0.2) is 0 Å². The number of hydrogen-bond acceptors (Lipinski definition) is 2. The van der Waals surface area contributed by atoms with E-state index in [0.717, 1.165) is 6.42 Å². The van der Waals surface area contributed by atoms with E-state index in [4.69, 9.17) is 5.11 Å². The van der Waals surface area contributed by atoms with Gasteiger partial charge >= 0.3 is 0 Å². The van der Waals surface area contributed by atoms with E-state index in [2.05, 4.69) is 6.92 Å². The number of aliphatic hydroxyl groups excluding tert-OH is 2. The van der Waals surface area contributed by atoms with E-state index < -0.39 is 0 Å². The Hall–Kier alpha value is -0.0800. The van der Waals surface area contributed by atoms with E-state index >= 15 is 0 Å². The number of unbranched alkanes of at least 4 members (excludes halogenated alkanes) is 9. The highest BCUT2D eigenvalue weighted by Crippen LogP contribution is 2.18. The third-order valence-corrected chi connectivity index (χ3v) is 3.99. The molecule has 1 atom stereocenters. The molecule has 0 radical (unpaired) electrons. The Labute approximate surface area is 120 Å². The maximum Gasteiger partial charge on any atom is 0.0459 e. The molecule has 0 fully saturated rings. The number of aliphatic hydroxyl groups is 2. The molecule has 0 rings (SSSR count). The number of hydrogen-bond donors (Lipinski definition) is 2. The molecule has 0 spiro atoms. The van der Waals surface area contributed by atoms with Crippen LogP contribution in [0.4, 0.5) is 0 Å². The van der Waals surface area contributed by atoms with Crippen molar-refractivity contribution in [1.29, 1.82) is 0 Å². The molecule has 0 aromatic carbocycles. The van der Waals surface area contributed by atoms with Crippen molar-refractivity contribution < 1.29 is 10.2 Å². The van der Waals surface area contributed by atoms with Gasteiger partial charge < -0.3 is 10.2 Å². The second-order valence-corrected chi connectivity index (χ2v) is 5.89. The molecule has 0 aliphatic heterocycles. The molecular weight excluding hydrogens is 236 g/mol. The summed E-state index contributed by atoms with van der Waals surface area (Å²) in [5, 5.41) is 18.0. The van der Waals surface area contributed by atoms with Crippen LogP contribution < -0.4 is 0 Å². The Kier molecular flexibility index (Phi) is 15.9. The molecule has 1 unspecified atom stereocenters. The smallest absolute Gasteiger partial charge is 0.0459 e. The minimum Gasteiger partial charge on any atom is -0.396 e. The monoisotopic (exact) mass is 272 g/mol. The van der Waals surface area contributed by atoms with E-state index in [9.17, 15) is 5.11 Å². The summed E-state index contributed by atoms with van der Waals surface area (Å²) in [6.45, 7) is 2.96. The van der Waals surface area contributed by atoms with Crippen LogP contribution in [-0.2, 0) is 0 Å². The third-order valence-electron chi connectivity index (χ3n) is 3.99. The molecule has 2 nitrogen and oxygen atoms in total. The first-order valence-electron chi connectivity index (χ1n) is 8.56. The SMILES string of the molecule is CCCCCC(CO)CCCCCCCCCCO. The maximum atomic E-state index is 9.33. The van der Waals surface area contributed by atoms with Crippen LogP contribution in [0.5, 0.6) is 0 Å². The highest BCUT2D eigenvalue weighted by Gasteiger charge is 2.06. The van der Waals surface area contributed by atoms with Crippen molar-refractivity contribution in [3.8, 4) is 0 Å². The summed E-state index contributed by atoms with van der Waals surface area (Å²) in [6.07, 6.45) is 16.3. The van der Waals surface area contributed by atoms with Crippen molar-refractivity contribution in [3.05, 3.63) is 0 Å². The molecule has 0 aromatic rings. The van der Waals surface area contributed by atoms with Crippen molar-refractivity contribution in [2.45, 2.75) is 90.4 Å². The molecule has 116 valence electrons. The molecule has 0 amide bonds. The lowest BCUT2D eigenvalue weighted by molar-refractivity contribution is 0.204. The van der Waals surface area contributed by atoms with Gasteiger partial charge in [0.25, 0.3) is 0 Å². The normalized spacial score (nSPS) is 12.8. The summed E-state index contributed by atoms with van der Waals surface area (Å²) in [5.41, 5.74) is 0. The van der Waals surface area contributed by atoms with Gasteiger partial charge in [-0.3, -0.25) is 0 Å². The van der Waals surface area contributed by atoms with Crippen molar-refractivity contribution >= 4 is 0 Å². The zero-order chi connectivity index (χ0) is 14.2. The fourth-order valence-electron chi connectivity index (χ4n) is 2.62. The van der Waals surface area contributed by atoms with Gasteiger partial charge in [0.2, 0.25) is 0 Å². The molecular formula is C17H36O2. The van der Waals surface area contributed by atoms with Crippen molar-refractivity contribution in [1.82, 2.24) is 0 Å². The fourth-order valence-corrected chi connectivity index (χ4v) is 2.62. The Balaban J connectivity index is 3.21. The standard InChI is InChI=1S/C17H36O2/c1-2-3-10-13-17(16-19)14-11-8-6-4-5-7-9-12-15-18/h17-19H,2-16H2,1H3. The first-order chi connectivity index (χ1) is 9.35. The number of rotatable bonds is 15. The summed E-state index contributed by atoms with van der Waals surface area (Å²) in [4.78, 5) is 0. The van der Waals surface area contributed by atoms with Crippen molar-refractivity contribution in [3.63, 3.8) is 0 Å². The van der Waals surface area contributed by atoms with Crippen molar-refractivity contribution in [2.75, 3.05) is 13.2 Å². The Bertz CT molecular complexity index is 159. The highest BCUT2D eigenvalue weighted by atomic mass is 16.3. The van der Waals surface area contributed by atoms with E-state index in [1.54, 1.807) is 0 Å². The van der Waals surface area contributed by atoms with Gasteiger partial charge in [0.1, 0.15) is 0 Å². The maximum absolute atomic E-state index is 9.33. The largest absolute Gasteiger partial charge is 0.396 e. The lowest BCUT2D eigenvalue weighted by atomic mass is 9.95. The van der Waals surface area contributed by atoms with Crippen molar-refractivity contribution in [2.24, 2.45) is 5.92 Å². The van der Waals surface area contributed by atoms with Gasteiger partial charge in [0, 0.05) is 13.2 Å². The first-order valence-corrected chi connectivity index (χ1v) is 8.56. The molecule has 0 heterocycles. The van der Waals surface area contributed by atoms with Gasteiger partial charge in [0.05, 0.1) is 0 Å². The molecule has 2 N–H and O–H groups in total. The highest BCUT2D eigenvalue weighted by molar-refractivity contribution is 4.59. The van der Waals surface area contributed by atoms with Gasteiger partial charge in [-0.1, -0.05) is 71.1 Å². The summed E-state index contributed by atoms with van der Waals surface area (Å²) in [7, 11) is 0. The second-order valence-electron chi connectivity index (χ2n) is 5.89. The second kappa shape index (κ2) is 16.0. The first kappa shape index (κ1) is 18.9. The molecule has 0 aliphatic rings. The molecule has 0 aromatic heterocycles. The lowest BCUT2D eigenvalue weighted by Gasteiger charge is -2.13. The van der Waals surface area contributed by atoms with Crippen LogP contribution in [0.2, 0.25) is 0 Å². The zero-order valence-electron chi connectivity index (χ0n) is 13.1. The Morgan fingerprint density at radius 3 is 1.58 bits per heavy atom. The quantitative estimate of drug-likeness (QED) is 0.425. The van der Waals surface area contributed by atoms with E-state index in [0.29, 0.717) is 19.1 Å².